The van der Waals surface area contributed by atoms with Gasteiger partial charge in [-0.2, -0.15) is 0 Å². The van der Waals surface area contributed by atoms with Gasteiger partial charge in [0.15, 0.2) is 0 Å². The first kappa shape index (κ1) is 11.0. The zero-order valence-electron chi connectivity index (χ0n) is 9.29. The van der Waals surface area contributed by atoms with E-state index < -0.39 is 0 Å². The fraction of sp³-hybridized carbons (Fsp3) is 0.154. The summed E-state index contributed by atoms with van der Waals surface area (Å²) in [4.78, 5) is 4.21. The normalized spacial score (nSPS) is 10.2. The van der Waals surface area contributed by atoms with Gasteiger partial charge in [-0.25, -0.2) is 4.98 Å². The van der Waals surface area contributed by atoms with E-state index in [2.05, 4.69) is 29.4 Å². The zero-order chi connectivity index (χ0) is 11.5. The quantitative estimate of drug-likeness (QED) is 0.789. The van der Waals surface area contributed by atoms with Gasteiger partial charge in [-0.1, -0.05) is 29.3 Å². The Hall–Kier alpha value is -1.54. The number of anilines is 2. The highest BCUT2D eigenvalue weighted by Crippen LogP contribution is 2.18. The third-order valence-electron chi connectivity index (χ3n) is 2.26. The molecule has 0 fully saturated rings. The molecule has 0 saturated heterocycles. The SMILES string of the molecule is Cc1ccc(Nc2cc(C)cc(Cl)n2)cc1. The van der Waals surface area contributed by atoms with Crippen LogP contribution in [0.5, 0.6) is 0 Å². The van der Waals surface area contributed by atoms with E-state index in [9.17, 15) is 0 Å². The summed E-state index contributed by atoms with van der Waals surface area (Å²) in [6.45, 7) is 4.06. The van der Waals surface area contributed by atoms with Crippen LogP contribution in [0.15, 0.2) is 36.4 Å². The van der Waals surface area contributed by atoms with Crippen LogP contribution in [0.3, 0.4) is 0 Å². The van der Waals surface area contributed by atoms with Gasteiger partial charge in [-0.05, 0) is 43.7 Å². The van der Waals surface area contributed by atoms with Crippen molar-refractivity contribution in [3.63, 3.8) is 0 Å². The highest BCUT2D eigenvalue weighted by atomic mass is 35.5. The van der Waals surface area contributed by atoms with Gasteiger partial charge in [-0.15, -0.1) is 0 Å². The largest absolute Gasteiger partial charge is 0.340 e. The molecule has 2 aromatic rings. The monoisotopic (exact) mass is 232 g/mol. The molecule has 1 N–H and O–H groups in total. The van der Waals surface area contributed by atoms with Crippen LogP contribution >= 0.6 is 11.6 Å². The van der Waals surface area contributed by atoms with Gasteiger partial charge in [0, 0.05) is 5.69 Å². The molecule has 0 aliphatic heterocycles. The third-order valence-corrected chi connectivity index (χ3v) is 2.46. The van der Waals surface area contributed by atoms with E-state index in [0.29, 0.717) is 5.15 Å². The maximum absolute atomic E-state index is 5.89. The molecule has 1 aromatic heterocycles. The average Bonchev–Trinajstić information content (AvgIpc) is 2.20. The van der Waals surface area contributed by atoms with Crippen molar-refractivity contribution in [3.05, 3.63) is 52.7 Å². The summed E-state index contributed by atoms with van der Waals surface area (Å²) in [5.41, 5.74) is 3.34. The number of nitrogens with one attached hydrogen (secondary N) is 1. The van der Waals surface area contributed by atoms with Crippen LogP contribution in [0.25, 0.3) is 0 Å². The molecule has 1 heterocycles. The predicted molar refractivity (Wildman–Crippen MR) is 68.4 cm³/mol. The topological polar surface area (TPSA) is 24.9 Å². The minimum Gasteiger partial charge on any atom is -0.340 e. The number of aromatic nitrogens is 1. The lowest BCUT2D eigenvalue weighted by molar-refractivity contribution is 1.27. The Kier molecular flexibility index (Phi) is 3.11. The fourth-order valence-electron chi connectivity index (χ4n) is 1.47. The Balaban J connectivity index is 2.23. The van der Waals surface area contributed by atoms with Crippen LogP contribution in [0.4, 0.5) is 11.5 Å². The van der Waals surface area contributed by atoms with E-state index >= 15 is 0 Å². The third kappa shape index (κ3) is 2.74. The van der Waals surface area contributed by atoms with Crippen LogP contribution < -0.4 is 5.32 Å². The highest BCUT2D eigenvalue weighted by molar-refractivity contribution is 6.29. The standard InChI is InChI=1S/C13H13ClN2/c1-9-3-5-11(6-4-9)15-13-8-10(2)7-12(14)16-13/h3-8H,1-2H3,(H,15,16). The summed E-state index contributed by atoms with van der Waals surface area (Å²) < 4.78 is 0. The minimum atomic E-state index is 0.509. The van der Waals surface area contributed by atoms with Gasteiger partial charge < -0.3 is 5.32 Å². The number of halogens is 1. The van der Waals surface area contributed by atoms with Gasteiger partial charge in [0.2, 0.25) is 0 Å². The van der Waals surface area contributed by atoms with Gasteiger partial charge >= 0.3 is 0 Å². The molecule has 0 spiro atoms. The Morgan fingerprint density at radius 2 is 1.69 bits per heavy atom. The number of pyridine rings is 1. The van der Waals surface area contributed by atoms with E-state index in [-0.39, 0.29) is 0 Å². The van der Waals surface area contributed by atoms with Crippen LogP contribution in [0, 0.1) is 13.8 Å². The zero-order valence-corrected chi connectivity index (χ0v) is 10.0. The van der Waals surface area contributed by atoms with E-state index in [1.165, 1.54) is 5.56 Å². The predicted octanol–water partition coefficient (Wildman–Crippen LogP) is 4.10. The van der Waals surface area contributed by atoms with Gasteiger partial charge in [0.1, 0.15) is 11.0 Å². The molecule has 0 bridgehead atoms. The van der Waals surface area contributed by atoms with Crippen LogP contribution in [-0.2, 0) is 0 Å². The number of hydrogen-bond acceptors (Lipinski definition) is 2. The lowest BCUT2D eigenvalue weighted by atomic mass is 10.2. The lowest BCUT2D eigenvalue weighted by Crippen LogP contribution is -1.94. The molecule has 16 heavy (non-hydrogen) atoms. The maximum Gasteiger partial charge on any atom is 0.132 e. The molecule has 1 aromatic carbocycles. The van der Waals surface area contributed by atoms with Gasteiger partial charge in [-0.3, -0.25) is 0 Å². The summed E-state index contributed by atoms with van der Waals surface area (Å²) >= 11 is 5.89. The van der Waals surface area contributed by atoms with Crippen molar-refractivity contribution in [1.29, 1.82) is 0 Å². The maximum atomic E-state index is 5.89. The number of benzene rings is 1. The summed E-state index contributed by atoms with van der Waals surface area (Å²) in [5.74, 6) is 0.772. The second-order valence-corrected chi connectivity index (χ2v) is 4.23. The van der Waals surface area contributed by atoms with Crippen molar-refractivity contribution in [1.82, 2.24) is 4.98 Å². The smallest absolute Gasteiger partial charge is 0.132 e. The van der Waals surface area contributed by atoms with Crippen molar-refractivity contribution >= 4 is 23.1 Å². The van der Waals surface area contributed by atoms with Crippen LogP contribution in [0.2, 0.25) is 5.15 Å². The van der Waals surface area contributed by atoms with Crippen molar-refractivity contribution in [2.45, 2.75) is 13.8 Å². The number of hydrogen-bond donors (Lipinski definition) is 1. The first-order valence-electron chi connectivity index (χ1n) is 5.11. The molecule has 0 saturated carbocycles. The van der Waals surface area contributed by atoms with E-state index in [1.54, 1.807) is 0 Å². The number of aryl methyl sites for hydroxylation is 2. The second-order valence-electron chi connectivity index (χ2n) is 3.84. The molecular weight excluding hydrogens is 220 g/mol. The summed E-state index contributed by atoms with van der Waals surface area (Å²) in [6, 6.07) is 12.0. The molecular formula is C13H13ClN2. The van der Waals surface area contributed by atoms with Gasteiger partial charge in [0.05, 0.1) is 0 Å². The van der Waals surface area contributed by atoms with Crippen molar-refractivity contribution in [2.75, 3.05) is 5.32 Å². The van der Waals surface area contributed by atoms with E-state index in [0.717, 1.165) is 17.1 Å². The Bertz CT molecular complexity index is 472. The number of nitrogens with zero attached hydrogens (tertiary/aromatic N) is 1. The molecule has 2 nitrogen and oxygen atoms in total. The molecule has 0 radical (unpaired) electrons. The molecule has 0 unspecified atom stereocenters. The van der Waals surface area contributed by atoms with E-state index in [1.807, 2.05) is 31.2 Å². The molecule has 0 aliphatic carbocycles. The minimum absolute atomic E-state index is 0.509. The van der Waals surface area contributed by atoms with Gasteiger partial charge in [0.25, 0.3) is 0 Å². The summed E-state index contributed by atoms with van der Waals surface area (Å²) in [5, 5.41) is 3.73. The number of rotatable bonds is 2. The van der Waals surface area contributed by atoms with Crippen molar-refractivity contribution in [3.8, 4) is 0 Å². The fourth-order valence-corrected chi connectivity index (χ4v) is 1.74. The molecule has 82 valence electrons. The molecule has 0 atom stereocenters. The van der Waals surface area contributed by atoms with E-state index in [4.69, 9.17) is 11.6 Å². The lowest BCUT2D eigenvalue weighted by Gasteiger charge is -2.07. The van der Waals surface area contributed by atoms with Crippen LogP contribution in [0.1, 0.15) is 11.1 Å². The molecule has 0 aliphatic rings. The van der Waals surface area contributed by atoms with Crippen LogP contribution in [-0.4, -0.2) is 4.98 Å². The summed E-state index contributed by atoms with van der Waals surface area (Å²) in [7, 11) is 0. The molecule has 3 heteroatoms. The first-order valence-corrected chi connectivity index (χ1v) is 5.49. The van der Waals surface area contributed by atoms with Crippen molar-refractivity contribution < 1.29 is 0 Å². The highest BCUT2D eigenvalue weighted by Gasteiger charge is 1.99. The van der Waals surface area contributed by atoms with Crippen molar-refractivity contribution in [2.24, 2.45) is 0 Å². The Labute approximate surface area is 100 Å². The second kappa shape index (κ2) is 4.54. The Morgan fingerprint density at radius 3 is 2.31 bits per heavy atom. The molecule has 2 rings (SSSR count). The Morgan fingerprint density at radius 1 is 1.00 bits per heavy atom. The summed E-state index contributed by atoms with van der Waals surface area (Å²) in [6.07, 6.45) is 0. The first-order chi connectivity index (χ1) is 7.63. The average molecular weight is 233 g/mol. The molecule has 0 amide bonds.